The van der Waals surface area contributed by atoms with Crippen molar-refractivity contribution in [1.82, 2.24) is 19.7 Å². The summed E-state index contributed by atoms with van der Waals surface area (Å²) in [5.74, 6) is 0.407. The molecule has 0 spiro atoms. The zero-order valence-corrected chi connectivity index (χ0v) is 19.3. The Hall–Kier alpha value is -2.66. The molecule has 0 aliphatic rings. The topological polar surface area (TPSA) is 46.5 Å². The van der Waals surface area contributed by atoms with Gasteiger partial charge in [0.15, 0.2) is 5.82 Å². The van der Waals surface area contributed by atoms with E-state index in [9.17, 15) is 4.39 Å². The maximum atomic E-state index is 14.2. The first kappa shape index (κ1) is 22.0. The molecule has 4 rings (SSSR count). The molecule has 0 fully saturated rings. The van der Waals surface area contributed by atoms with Crippen molar-refractivity contribution in [2.75, 3.05) is 0 Å². The molecule has 1 N–H and O–H groups in total. The number of nitrogens with one attached hydrogen (secondary N) is 1. The SMILES string of the molecule is CC.Cc1cc(-c2ccccc2F)cc2[nH]c(-c3c(Cl)c(C(C)(C)C)nn3C)nc12. The quantitative estimate of drug-likeness (QED) is 0.373. The molecule has 0 radical (unpaired) electrons. The second-order valence-electron chi connectivity index (χ2n) is 8.14. The molecule has 0 unspecified atom stereocenters. The summed E-state index contributed by atoms with van der Waals surface area (Å²) in [6.45, 7) is 12.2. The third-order valence-corrected chi connectivity index (χ3v) is 5.24. The third-order valence-electron chi connectivity index (χ3n) is 4.89. The first-order chi connectivity index (χ1) is 14.2. The molecule has 158 valence electrons. The lowest BCUT2D eigenvalue weighted by atomic mass is 9.92. The second-order valence-corrected chi connectivity index (χ2v) is 8.52. The number of rotatable bonds is 2. The Bertz CT molecular complexity index is 1200. The van der Waals surface area contributed by atoms with Gasteiger partial charge in [-0.3, -0.25) is 4.68 Å². The first-order valence-electron chi connectivity index (χ1n) is 10.2. The number of hydrogen-bond donors (Lipinski definition) is 1. The van der Waals surface area contributed by atoms with Crippen molar-refractivity contribution in [3.63, 3.8) is 0 Å². The van der Waals surface area contributed by atoms with E-state index in [1.807, 2.05) is 46.0 Å². The van der Waals surface area contributed by atoms with Crippen LogP contribution < -0.4 is 0 Å². The highest BCUT2D eigenvalue weighted by Crippen LogP contribution is 2.37. The average molecular weight is 427 g/mol. The Balaban J connectivity index is 0.00000124. The Morgan fingerprint density at radius 2 is 1.77 bits per heavy atom. The lowest BCUT2D eigenvalue weighted by Gasteiger charge is -2.15. The Morgan fingerprint density at radius 1 is 1.10 bits per heavy atom. The Morgan fingerprint density at radius 3 is 2.37 bits per heavy atom. The lowest BCUT2D eigenvalue weighted by Crippen LogP contribution is -2.12. The predicted molar refractivity (Wildman–Crippen MR) is 123 cm³/mol. The summed E-state index contributed by atoms with van der Waals surface area (Å²) in [6.07, 6.45) is 0. The number of aromatic nitrogens is 4. The maximum Gasteiger partial charge on any atom is 0.158 e. The van der Waals surface area contributed by atoms with Crippen LogP contribution in [0.2, 0.25) is 5.02 Å². The summed E-state index contributed by atoms with van der Waals surface area (Å²) in [4.78, 5) is 8.11. The number of aryl methyl sites for hydroxylation is 2. The maximum absolute atomic E-state index is 14.2. The number of H-pyrrole nitrogens is 1. The van der Waals surface area contributed by atoms with Crippen LogP contribution in [-0.2, 0) is 12.5 Å². The molecule has 0 saturated carbocycles. The van der Waals surface area contributed by atoms with Crippen LogP contribution in [0.15, 0.2) is 36.4 Å². The summed E-state index contributed by atoms with van der Waals surface area (Å²) >= 11 is 6.67. The van der Waals surface area contributed by atoms with E-state index in [-0.39, 0.29) is 11.2 Å². The minimum absolute atomic E-state index is 0.174. The van der Waals surface area contributed by atoms with Gasteiger partial charge < -0.3 is 4.98 Å². The van der Waals surface area contributed by atoms with Gasteiger partial charge in [-0.15, -0.1) is 0 Å². The van der Waals surface area contributed by atoms with Gasteiger partial charge in [0, 0.05) is 18.0 Å². The minimum atomic E-state index is -0.245. The number of nitrogens with zero attached hydrogens (tertiary/aromatic N) is 3. The van der Waals surface area contributed by atoms with Crippen LogP contribution in [0.25, 0.3) is 33.7 Å². The highest BCUT2D eigenvalue weighted by Gasteiger charge is 2.27. The van der Waals surface area contributed by atoms with Crippen molar-refractivity contribution in [3.05, 3.63) is 58.5 Å². The molecule has 0 saturated heterocycles. The molecule has 4 nitrogen and oxygen atoms in total. The van der Waals surface area contributed by atoms with Gasteiger partial charge in [0.1, 0.15) is 11.5 Å². The van der Waals surface area contributed by atoms with Crippen molar-refractivity contribution in [2.45, 2.75) is 47.0 Å². The second kappa shape index (κ2) is 8.23. The molecule has 2 aromatic carbocycles. The Labute approximate surface area is 182 Å². The van der Waals surface area contributed by atoms with Crippen LogP contribution in [0.1, 0.15) is 45.9 Å². The van der Waals surface area contributed by atoms with Crippen LogP contribution in [0.4, 0.5) is 4.39 Å². The summed E-state index contributed by atoms with van der Waals surface area (Å²) in [5, 5.41) is 5.20. The molecule has 2 heterocycles. The molecule has 0 amide bonds. The smallest absolute Gasteiger partial charge is 0.158 e. The highest BCUT2D eigenvalue weighted by molar-refractivity contribution is 6.33. The van der Waals surface area contributed by atoms with E-state index >= 15 is 0 Å². The van der Waals surface area contributed by atoms with Crippen molar-refractivity contribution in [3.8, 4) is 22.6 Å². The van der Waals surface area contributed by atoms with E-state index in [1.165, 1.54) is 6.07 Å². The molecule has 0 atom stereocenters. The molecule has 0 aliphatic heterocycles. The number of fused-ring (bicyclic) bond motifs is 1. The van der Waals surface area contributed by atoms with E-state index in [0.29, 0.717) is 16.4 Å². The zero-order chi connectivity index (χ0) is 22.2. The van der Waals surface area contributed by atoms with Gasteiger partial charge in [0.05, 0.1) is 21.7 Å². The van der Waals surface area contributed by atoms with Crippen LogP contribution in [0, 0.1) is 12.7 Å². The van der Waals surface area contributed by atoms with E-state index < -0.39 is 0 Å². The summed E-state index contributed by atoms with van der Waals surface area (Å²) in [6, 6.07) is 10.6. The monoisotopic (exact) mass is 426 g/mol. The first-order valence-corrected chi connectivity index (χ1v) is 10.5. The molecule has 6 heteroatoms. The van der Waals surface area contributed by atoms with Crippen LogP contribution in [0.5, 0.6) is 0 Å². The Kier molecular flexibility index (Phi) is 6.04. The van der Waals surface area contributed by atoms with Crippen LogP contribution >= 0.6 is 11.6 Å². The number of halogens is 2. The van der Waals surface area contributed by atoms with Gasteiger partial charge in [-0.05, 0) is 36.2 Å². The molecular formula is C24H28ClFN4. The fraction of sp³-hybridized carbons (Fsp3) is 0.333. The average Bonchev–Trinajstić information content (AvgIpc) is 3.24. The molecular weight excluding hydrogens is 399 g/mol. The normalized spacial score (nSPS) is 11.5. The van der Waals surface area contributed by atoms with Crippen LogP contribution in [0.3, 0.4) is 0 Å². The van der Waals surface area contributed by atoms with Crippen molar-refractivity contribution in [1.29, 1.82) is 0 Å². The fourth-order valence-corrected chi connectivity index (χ4v) is 4.02. The van der Waals surface area contributed by atoms with Crippen molar-refractivity contribution >= 4 is 22.6 Å². The summed E-state index contributed by atoms with van der Waals surface area (Å²) in [7, 11) is 1.86. The highest BCUT2D eigenvalue weighted by atomic mass is 35.5. The number of imidazole rings is 1. The third kappa shape index (κ3) is 3.86. The van der Waals surface area contributed by atoms with Gasteiger partial charge >= 0.3 is 0 Å². The number of benzene rings is 2. The van der Waals surface area contributed by atoms with Gasteiger partial charge in [-0.2, -0.15) is 5.10 Å². The molecule has 30 heavy (non-hydrogen) atoms. The molecule has 0 bridgehead atoms. The number of aromatic amines is 1. The molecule has 4 aromatic rings. The van der Waals surface area contributed by atoms with E-state index in [1.54, 1.807) is 16.8 Å². The van der Waals surface area contributed by atoms with Gasteiger partial charge in [-0.1, -0.05) is 64.4 Å². The largest absolute Gasteiger partial charge is 0.337 e. The van der Waals surface area contributed by atoms with E-state index in [4.69, 9.17) is 16.6 Å². The summed E-state index contributed by atoms with van der Waals surface area (Å²) < 4.78 is 16.0. The molecule has 2 aromatic heterocycles. The molecule has 0 aliphatic carbocycles. The standard InChI is InChI=1S/C22H22ClFN4.C2H6/c1-12-10-13(14-8-6-7-9-15(14)24)11-16-18(12)26-21(25-16)19-17(23)20(22(2,3)4)27-28(19)5;1-2/h6-11H,1-5H3,(H,25,26);1-2H3. The van der Waals surface area contributed by atoms with Crippen LogP contribution in [-0.4, -0.2) is 19.7 Å². The van der Waals surface area contributed by atoms with Gasteiger partial charge in [0.25, 0.3) is 0 Å². The fourth-order valence-electron chi connectivity index (χ4n) is 3.49. The van der Waals surface area contributed by atoms with E-state index in [2.05, 4.69) is 30.9 Å². The van der Waals surface area contributed by atoms with Gasteiger partial charge in [-0.25, -0.2) is 9.37 Å². The minimum Gasteiger partial charge on any atom is -0.337 e. The zero-order valence-electron chi connectivity index (χ0n) is 18.6. The van der Waals surface area contributed by atoms with Crippen molar-refractivity contribution < 1.29 is 4.39 Å². The van der Waals surface area contributed by atoms with Crippen molar-refractivity contribution in [2.24, 2.45) is 7.05 Å². The van der Waals surface area contributed by atoms with E-state index in [0.717, 1.165) is 33.5 Å². The van der Waals surface area contributed by atoms with Gasteiger partial charge in [0.2, 0.25) is 0 Å². The summed E-state index contributed by atoms with van der Waals surface area (Å²) in [5.41, 5.74) is 5.42. The lowest BCUT2D eigenvalue weighted by molar-refractivity contribution is 0.553. The predicted octanol–water partition coefficient (Wildman–Crippen LogP) is 7.06. The number of hydrogen-bond acceptors (Lipinski definition) is 2.